The van der Waals surface area contributed by atoms with Gasteiger partial charge < -0.3 is 25.4 Å². The second kappa shape index (κ2) is 3.96. The van der Waals surface area contributed by atoms with Crippen molar-refractivity contribution >= 4 is 6.09 Å². The van der Waals surface area contributed by atoms with Crippen molar-refractivity contribution in [2.24, 2.45) is 0 Å². The van der Waals surface area contributed by atoms with Gasteiger partial charge >= 0.3 is 6.09 Å². The van der Waals surface area contributed by atoms with Gasteiger partial charge in [0.2, 0.25) is 0 Å². The van der Waals surface area contributed by atoms with E-state index in [4.69, 9.17) is 9.84 Å². The lowest BCUT2D eigenvalue weighted by molar-refractivity contribution is 0.0130. The van der Waals surface area contributed by atoms with E-state index >= 15 is 0 Å². The van der Waals surface area contributed by atoms with Crippen molar-refractivity contribution in [3.05, 3.63) is 0 Å². The molecule has 2 aliphatic rings. The summed E-state index contributed by atoms with van der Waals surface area (Å²) in [5.41, 5.74) is -0.0696. The van der Waals surface area contributed by atoms with Gasteiger partial charge in [0.05, 0.1) is 12.1 Å². The molecule has 6 nitrogen and oxygen atoms in total. The lowest BCUT2D eigenvalue weighted by atomic mass is 9.87. The van der Waals surface area contributed by atoms with Gasteiger partial charge in [-0.1, -0.05) is 0 Å². The predicted molar refractivity (Wildman–Crippen MR) is 54.0 cm³/mol. The Balaban J connectivity index is 1.86. The van der Waals surface area contributed by atoms with Crippen LogP contribution in [-0.2, 0) is 4.74 Å². The molecular formula is C9H17N3O3. The van der Waals surface area contributed by atoms with Crippen molar-refractivity contribution in [2.75, 3.05) is 39.9 Å². The molecule has 0 saturated carbocycles. The van der Waals surface area contributed by atoms with Crippen molar-refractivity contribution in [3.8, 4) is 0 Å². The molecule has 0 radical (unpaired) electrons. The summed E-state index contributed by atoms with van der Waals surface area (Å²) in [6.45, 7) is 3.49. The highest BCUT2D eigenvalue weighted by Crippen LogP contribution is 2.22. The molecule has 2 saturated heterocycles. The quantitative estimate of drug-likeness (QED) is 0.547. The highest BCUT2D eigenvalue weighted by atomic mass is 16.5. The monoisotopic (exact) mass is 215 g/mol. The Hall–Kier alpha value is -0.850. The van der Waals surface area contributed by atoms with Crippen LogP contribution in [-0.4, -0.2) is 67.6 Å². The molecule has 2 fully saturated rings. The van der Waals surface area contributed by atoms with E-state index in [-0.39, 0.29) is 11.6 Å². The van der Waals surface area contributed by atoms with Crippen molar-refractivity contribution in [1.82, 2.24) is 15.5 Å². The molecule has 1 unspecified atom stereocenters. The van der Waals surface area contributed by atoms with Gasteiger partial charge in [-0.05, 0) is 0 Å². The number of piperazine rings is 1. The van der Waals surface area contributed by atoms with Crippen LogP contribution in [0.25, 0.3) is 0 Å². The first kappa shape index (κ1) is 10.7. The Bertz CT molecular complexity index is 251. The molecule has 1 atom stereocenters. The van der Waals surface area contributed by atoms with Crippen LogP contribution in [0.3, 0.4) is 0 Å². The number of hydrogen-bond donors (Lipinski definition) is 3. The zero-order valence-corrected chi connectivity index (χ0v) is 8.82. The third-order valence-electron chi connectivity index (χ3n) is 2.99. The number of nitrogens with zero attached hydrogens (tertiary/aromatic N) is 1. The molecule has 2 aliphatic heterocycles. The van der Waals surface area contributed by atoms with Crippen LogP contribution >= 0.6 is 0 Å². The lowest BCUT2D eigenvalue weighted by Gasteiger charge is -2.53. The second-order valence-electron chi connectivity index (χ2n) is 4.35. The number of carbonyl (C=O) groups is 1. The van der Waals surface area contributed by atoms with Crippen LogP contribution in [0, 0.1) is 0 Å². The molecule has 15 heavy (non-hydrogen) atoms. The van der Waals surface area contributed by atoms with E-state index in [0.717, 1.165) is 13.1 Å². The van der Waals surface area contributed by atoms with Gasteiger partial charge in [-0.15, -0.1) is 0 Å². The third kappa shape index (κ3) is 2.06. The summed E-state index contributed by atoms with van der Waals surface area (Å²) in [5, 5.41) is 15.5. The maximum atomic E-state index is 10.7. The van der Waals surface area contributed by atoms with Crippen LogP contribution in [0.2, 0.25) is 0 Å². The van der Waals surface area contributed by atoms with Gasteiger partial charge in [0.15, 0.2) is 0 Å². The first-order valence-corrected chi connectivity index (χ1v) is 5.10. The molecule has 2 heterocycles. The molecule has 0 aromatic rings. The highest BCUT2D eigenvalue weighted by molar-refractivity contribution is 5.66. The fourth-order valence-corrected chi connectivity index (χ4v) is 2.35. The Kier molecular flexibility index (Phi) is 2.81. The van der Waals surface area contributed by atoms with Gasteiger partial charge in [-0.25, -0.2) is 4.79 Å². The van der Waals surface area contributed by atoms with Crippen LogP contribution in [0.5, 0.6) is 0 Å². The lowest BCUT2D eigenvalue weighted by Crippen LogP contribution is -2.78. The molecule has 0 aromatic heterocycles. The first-order valence-electron chi connectivity index (χ1n) is 5.10. The van der Waals surface area contributed by atoms with Crippen LogP contribution < -0.4 is 10.6 Å². The van der Waals surface area contributed by atoms with Gasteiger partial charge in [-0.2, -0.15) is 0 Å². The predicted octanol–water partition coefficient (Wildman–Crippen LogP) is -1.07. The molecule has 3 N–H and O–H groups in total. The van der Waals surface area contributed by atoms with Crippen molar-refractivity contribution < 1.29 is 14.6 Å². The van der Waals surface area contributed by atoms with Gasteiger partial charge in [0.1, 0.15) is 0 Å². The van der Waals surface area contributed by atoms with E-state index in [1.54, 1.807) is 7.11 Å². The Labute approximate surface area is 88.6 Å². The maximum Gasteiger partial charge on any atom is 0.407 e. The van der Waals surface area contributed by atoms with Crippen LogP contribution in [0.4, 0.5) is 4.79 Å². The van der Waals surface area contributed by atoms with E-state index in [1.165, 1.54) is 4.90 Å². The number of methoxy groups -OCH3 is 1. The summed E-state index contributed by atoms with van der Waals surface area (Å²) >= 11 is 0. The SMILES string of the molecule is COCC1CNCC2(CN(C(=O)O)C2)N1. The maximum absolute atomic E-state index is 10.7. The molecule has 2 rings (SSSR count). The molecule has 0 aliphatic carbocycles. The number of ether oxygens (including phenoxy) is 1. The summed E-state index contributed by atoms with van der Waals surface area (Å²) in [6, 6.07) is 0.277. The number of amides is 1. The zero-order chi connectivity index (χ0) is 10.9. The molecule has 1 amide bonds. The average molecular weight is 215 g/mol. The summed E-state index contributed by atoms with van der Waals surface area (Å²) in [4.78, 5) is 12.1. The second-order valence-corrected chi connectivity index (χ2v) is 4.35. The van der Waals surface area contributed by atoms with Crippen molar-refractivity contribution in [2.45, 2.75) is 11.6 Å². The molecular weight excluding hydrogens is 198 g/mol. The third-order valence-corrected chi connectivity index (χ3v) is 2.99. The largest absolute Gasteiger partial charge is 0.465 e. The minimum Gasteiger partial charge on any atom is -0.465 e. The number of hydrogen-bond acceptors (Lipinski definition) is 4. The number of nitrogens with one attached hydrogen (secondary N) is 2. The van der Waals surface area contributed by atoms with Gasteiger partial charge in [0, 0.05) is 39.3 Å². The standard InChI is InChI=1S/C9H17N3O3/c1-15-3-7-2-10-4-9(11-7)5-12(6-9)8(13)14/h7,10-11H,2-6H2,1H3,(H,13,14). The van der Waals surface area contributed by atoms with Gasteiger partial charge in [0.25, 0.3) is 0 Å². The normalized spacial score (nSPS) is 28.9. The van der Waals surface area contributed by atoms with Crippen molar-refractivity contribution in [3.63, 3.8) is 0 Å². The number of likely N-dealkylation sites (tertiary alicyclic amines) is 1. The van der Waals surface area contributed by atoms with Crippen molar-refractivity contribution in [1.29, 1.82) is 0 Å². The number of carboxylic acid groups (broad SMARTS) is 1. The Morgan fingerprint density at radius 1 is 1.67 bits per heavy atom. The minimum absolute atomic E-state index is 0.0696. The zero-order valence-electron chi connectivity index (χ0n) is 8.82. The van der Waals surface area contributed by atoms with Gasteiger partial charge in [-0.3, -0.25) is 0 Å². The average Bonchev–Trinajstić information content (AvgIpc) is 2.14. The highest BCUT2D eigenvalue weighted by Gasteiger charge is 2.47. The van der Waals surface area contributed by atoms with E-state index in [0.29, 0.717) is 19.7 Å². The number of rotatable bonds is 2. The first-order chi connectivity index (χ1) is 7.15. The van der Waals surface area contributed by atoms with E-state index < -0.39 is 6.09 Å². The molecule has 1 spiro atoms. The molecule has 0 aromatic carbocycles. The minimum atomic E-state index is -0.837. The summed E-state index contributed by atoms with van der Waals surface area (Å²) < 4.78 is 5.09. The van der Waals surface area contributed by atoms with E-state index in [2.05, 4.69) is 10.6 Å². The van der Waals surface area contributed by atoms with Crippen LogP contribution in [0.1, 0.15) is 0 Å². The fraction of sp³-hybridized carbons (Fsp3) is 0.889. The molecule has 86 valence electrons. The topological polar surface area (TPSA) is 73.8 Å². The summed E-state index contributed by atoms with van der Waals surface area (Å²) in [5.74, 6) is 0. The summed E-state index contributed by atoms with van der Waals surface area (Å²) in [6.07, 6.45) is -0.837. The fourth-order valence-electron chi connectivity index (χ4n) is 2.35. The van der Waals surface area contributed by atoms with E-state index in [9.17, 15) is 4.79 Å². The van der Waals surface area contributed by atoms with Crippen LogP contribution in [0.15, 0.2) is 0 Å². The Morgan fingerprint density at radius 2 is 2.40 bits per heavy atom. The van der Waals surface area contributed by atoms with E-state index in [1.807, 2.05) is 0 Å². The Morgan fingerprint density at radius 3 is 3.00 bits per heavy atom. The summed E-state index contributed by atoms with van der Waals surface area (Å²) in [7, 11) is 1.67. The smallest absolute Gasteiger partial charge is 0.407 e. The molecule has 0 bridgehead atoms. The molecule has 6 heteroatoms.